The molecule has 0 bridgehead atoms. The number of hydrogen-bond acceptors (Lipinski definition) is 6. The van der Waals surface area contributed by atoms with E-state index in [-0.39, 0.29) is 5.91 Å². The molecule has 7 nitrogen and oxygen atoms in total. The van der Waals surface area contributed by atoms with Gasteiger partial charge in [-0.2, -0.15) is 0 Å². The third-order valence-corrected chi connectivity index (χ3v) is 6.32. The molecule has 2 N–H and O–H groups in total. The van der Waals surface area contributed by atoms with Crippen LogP contribution in [0.25, 0.3) is 21.3 Å². The highest BCUT2D eigenvalue weighted by atomic mass is 32.1. The standard InChI is InChI=1S/C27H20N4O3S/c1-34-19-15-13-18(14-16-19)26-30-31-27(35-26)29-25(33)22-10-4-5-12-23(22)28-24(32)21-11-6-8-17-7-2-3-9-20(17)21/h2-16H,1H3,(H,28,32)(H,29,31,33). The maximum Gasteiger partial charge on any atom is 0.259 e. The molecular weight excluding hydrogens is 460 g/mol. The number of ether oxygens (including phenoxy) is 1. The summed E-state index contributed by atoms with van der Waals surface area (Å²) in [4.78, 5) is 26.1. The quantitative estimate of drug-likeness (QED) is 0.317. The SMILES string of the molecule is COc1ccc(-c2nnc(NC(=O)c3ccccc3NC(=O)c3cccc4ccccc34)s2)cc1. The lowest BCUT2D eigenvalue weighted by Crippen LogP contribution is -2.18. The van der Waals surface area contributed by atoms with Crippen molar-refractivity contribution in [2.75, 3.05) is 17.7 Å². The van der Waals surface area contributed by atoms with Crippen molar-refractivity contribution in [3.05, 3.63) is 102 Å². The number of aromatic nitrogens is 2. The molecule has 0 spiro atoms. The first-order valence-electron chi connectivity index (χ1n) is 10.8. The van der Waals surface area contributed by atoms with Crippen LogP contribution in [0, 0.1) is 0 Å². The predicted molar refractivity (Wildman–Crippen MR) is 138 cm³/mol. The number of benzene rings is 4. The molecule has 0 atom stereocenters. The summed E-state index contributed by atoms with van der Waals surface area (Å²) in [6, 6.07) is 27.5. The van der Waals surface area contributed by atoms with Crippen LogP contribution in [0.2, 0.25) is 0 Å². The van der Waals surface area contributed by atoms with Gasteiger partial charge in [0.05, 0.1) is 18.4 Å². The monoisotopic (exact) mass is 480 g/mol. The van der Waals surface area contributed by atoms with Gasteiger partial charge in [0, 0.05) is 11.1 Å². The molecule has 0 aliphatic rings. The van der Waals surface area contributed by atoms with E-state index in [1.54, 1.807) is 37.4 Å². The summed E-state index contributed by atoms with van der Waals surface area (Å²) in [7, 11) is 1.61. The number of nitrogens with one attached hydrogen (secondary N) is 2. The second-order valence-electron chi connectivity index (χ2n) is 7.62. The molecule has 8 heteroatoms. The first-order valence-corrected chi connectivity index (χ1v) is 11.6. The number of hydrogen-bond donors (Lipinski definition) is 2. The molecule has 0 radical (unpaired) electrons. The minimum Gasteiger partial charge on any atom is -0.497 e. The van der Waals surface area contributed by atoms with Crippen molar-refractivity contribution >= 4 is 44.7 Å². The summed E-state index contributed by atoms with van der Waals surface area (Å²) in [5.41, 5.74) is 2.13. The van der Waals surface area contributed by atoms with Crippen LogP contribution >= 0.6 is 11.3 Å². The Morgan fingerprint density at radius 2 is 1.43 bits per heavy atom. The fourth-order valence-electron chi connectivity index (χ4n) is 3.69. The second-order valence-corrected chi connectivity index (χ2v) is 8.60. The molecule has 0 fully saturated rings. The Morgan fingerprint density at radius 3 is 2.26 bits per heavy atom. The van der Waals surface area contributed by atoms with Gasteiger partial charge in [-0.1, -0.05) is 59.9 Å². The maximum absolute atomic E-state index is 13.1. The Labute approximate surface area is 205 Å². The number of anilines is 2. The topological polar surface area (TPSA) is 93.2 Å². The van der Waals surface area contributed by atoms with Crippen LogP contribution in [0.4, 0.5) is 10.8 Å². The number of methoxy groups -OCH3 is 1. The Morgan fingerprint density at radius 1 is 0.743 bits per heavy atom. The van der Waals surface area contributed by atoms with E-state index in [0.29, 0.717) is 27.0 Å². The van der Waals surface area contributed by atoms with E-state index in [0.717, 1.165) is 22.1 Å². The molecule has 5 rings (SSSR count). The second kappa shape index (κ2) is 9.74. The zero-order valence-corrected chi connectivity index (χ0v) is 19.5. The molecule has 0 saturated carbocycles. The minimum atomic E-state index is -0.392. The van der Waals surface area contributed by atoms with Gasteiger partial charge in [-0.25, -0.2) is 0 Å². The molecule has 1 heterocycles. The zero-order chi connectivity index (χ0) is 24.2. The van der Waals surface area contributed by atoms with Crippen LogP contribution in [-0.4, -0.2) is 29.1 Å². The summed E-state index contributed by atoms with van der Waals surface area (Å²) in [6.07, 6.45) is 0. The van der Waals surface area contributed by atoms with Crippen molar-refractivity contribution < 1.29 is 14.3 Å². The van der Waals surface area contributed by atoms with Crippen molar-refractivity contribution in [1.82, 2.24) is 10.2 Å². The van der Waals surface area contributed by atoms with Gasteiger partial charge in [0.2, 0.25) is 5.13 Å². The number of amides is 2. The lowest BCUT2D eigenvalue weighted by Gasteiger charge is -2.12. The average Bonchev–Trinajstić information content (AvgIpc) is 3.37. The third-order valence-electron chi connectivity index (χ3n) is 5.44. The highest BCUT2D eigenvalue weighted by Gasteiger charge is 2.17. The number of para-hydroxylation sites is 1. The maximum atomic E-state index is 13.1. The normalized spacial score (nSPS) is 10.7. The predicted octanol–water partition coefficient (Wildman–Crippen LogP) is 5.87. The average molecular weight is 481 g/mol. The largest absolute Gasteiger partial charge is 0.497 e. The van der Waals surface area contributed by atoms with Crippen molar-refractivity contribution in [2.24, 2.45) is 0 Å². The zero-order valence-electron chi connectivity index (χ0n) is 18.7. The van der Waals surface area contributed by atoms with Gasteiger partial charge in [0.25, 0.3) is 11.8 Å². The lowest BCUT2D eigenvalue weighted by molar-refractivity contribution is 0.102. The van der Waals surface area contributed by atoms with Crippen molar-refractivity contribution in [3.8, 4) is 16.3 Å². The Bertz CT molecular complexity index is 1520. The Balaban J connectivity index is 1.35. The van der Waals surface area contributed by atoms with Crippen LogP contribution < -0.4 is 15.4 Å². The molecule has 35 heavy (non-hydrogen) atoms. The van der Waals surface area contributed by atoms with Gasteiger partial charge in [-0.05, 0) is 53.2 Å². The van der Waals surface area contributed by atoms with Crippen molar-refractivity contribution in [2.45, 2.75) is 0 Å². The van der Waals surface area contributed by atoms with E-state index >= 15 is 0 Å². The first-order chi connectivity index (χ1) is 17.1. The van der Waals surface area contributed by atoms with E-state index in [4.69, 9.17) is 4.74 Å². The molecule has 0 saturated heterocycles. The van der Waals surface area contributed by atoms with Gasteiger partial charge < -0.3 is 10.1 Å². The van der Waals surface area contributed by atoms with Crippen LogP contribution in [0.1, 0.15) is 20.7 Å². The fourth-order valence-corrected chi connectivity index (χ4v) is 4.44. The minimum absolute atomic E-state index is 0.292. The van der Waals surface area contributed by atoms with E-state index in [2.05, 4.69) is 20.8 Å². The molecule has 2 amide bonds. The fraction of sp³-hybridized carbons (Fsp3) is 0.0370. The third kappa shape index (κ3) is 4.73. The molecule has 1 aromatic heterocycles. The van der Waals surface area contributed by atoms with Crippen molar-refractivity contribution in [3.63, 3.8) is 0 Å². The molecule has 0 aliphatic carbocycles. The molecule has 172 valence electrons. The van der Waals surface area contributed by atoms with E-state index in [9.17, 15) is 9.59 Å². The summed E-state index contributed by atoms with van der Waals surface area (Å²) < 4.78 is 5.18. The molecular formula is C27H20N4O3S. The number of nitrogens with zero attached hydrogens (tertiary/aromatic N) is 2. The highest BCUT2D eigenvalue weighted by Crippen LogP contribution is 2.29. The van der Waals surface area contributed by atoms with Crippen LogP contribution in [0.5, 0.6) is 5.75 Å². The highest BCUT2D eigenvalue weighted by molar-refractivity contribution is 7.18. The van der Waals surface area contributed by atoms with Crippen molar-refractivity contribution in [1.29, 1.82) is 0 Å². The van der Waals surface area contributed by atoms with Crippen LogP contribution in [-0.2, 0) is 0 Å². The Hall–Kier alpha value is -4.56. The van der Waals surface area contributed by atoms with E-state index in [1.807, 2.05) is 60.7 Å². The van der Waals surface area contributed by atoms with E-state index < -0.39 is 5.91 Å². The number of rotatable bonds is 6. The molecule has 5 aromatic rings. The first kappa shape index (κ1) is 22.2. The smallest absolute Gasteiger partial charge is 0.259 e. The summed E-state index contributed by atoms with van der Waals surface area (Å²) in [5.74, 6) is 0.0601. The number of carbonyl (C=O) groups is 2. The van der Waals surface area contributed by atoms with Gasteiger partial charge in [-0.3, -0.25) is 14.9 Å². The van der Waals surface area contributed by atoms with Crippen LogP contribution in [0.3, 0.4) is 0 Å². The summed E-state index contributed by atoms with van der Waals surface area (Å²) in [5, 5.41) is 16.8. The summed E-state index contributed by atoms with van der Waals surface area (Å²) in [6.45, 7) is 0. The molecule has 0 unspecified atom stereocenters. The molecule has 4 aromatic carbocycles. The van der Waals surface area contributed by atoms with Gasteiger partial charge >= 0.3 is 0 Å². The van der Waals surface area contributed by atoms with Gasteiger partial charge in [0.15, 0.2) is 0 Å². The Kier molecular flexibility index (Phi) is 6.19. The van der Waals surface area contributed by atoms with E-state index in [1.165, 1.54) is 11.3 Å². The van der Waals surface area contributed by atoms with Crippen LogP contribution in [0.15, 0.2) is 91.0 Å². The van der Waals surface area contributed by atoms with Gasteiger partial charge in [-0.15, -0.1) is 10.2 Å². The summed E-state index contributed by atoms with van der Waals surface area (Å²) >= 11 is 1.26. The molecule has 0 aliphatic heterocycles. The lowest BCUT2D eigenvalue weighted by atomic mass is 10.0. The van der Waals surface area contributed by atoms with Gasteiger partial charge in [0.1, 0.15) is 10.8 Å². The number of carbonyl (C=O) groups excluding carboxylic acids is 2. The number of fused-ring (bicyclic) bond motifs is 1.